The molecule has 4 bridgehead atoms. The third kappa shape index (κ3) is 4.54. The highest BCUT2D eigenvalue weighted by molar-refractivity contribution is 5.84. The monoisotopic (exact) mass is 459 g/mol. The summed E-state index contributed by atoms with van der Waals surface area (Å²) < 4.78 is 0. The standard InChI is InChI=1S/C30H41N3O/c1-17(2)9-27-26(16-31)29(22-7-5-18(3)6-8-22)25(19(4)32-27)15-28(34)33-30-23-11-20-10-21(13-23)14-24(30)12-20/h5-8,17,20-21,23-24,30H,9-16,31H2,1-4H3,(H,33,34). The Morgan fingerprint density at radius 3 is 2.18 bits per heavy atom. The lowest BCUT2D eigenvalue weighted by Gasteiger charge is -2.54. The van der Waals surface area contributed by atoms with E-state index in [2.05, 4.69) is 57.3 Å². The van der Waals surface area contributed by atoms with E-state index in [4.69, 9.17) is 10.7 Å². The van der Waals surface area contributed by atoms with Gasteiger partial charge in [0.15, 0.2) is 0 Å². The first-order valence-electron chi connectivity index (χ1n) is 13.4. The van der Waals surface area contributed by atoms with Crippen LogP contribution in [0.5, 0.6) is 0 Å². The Morgan fingerprint density at radius 2 is 1.62 bits per heavy atom. The van der Waals surface area contributed by atoms with E-state index in [-0.39, 0.29) is 5.91 Å². The van der Waals surface area contributed by atoms with Gasteiger partial charge in [0.2, 0.25) is 5.91 Å². The van der Waals surface area contributed by atoms with E-state index >= 15 is 0 Å². The highest BCUT2D eigenvalue weighted by Gasteiger charge is 2.48. The lowest BCUT2D eigenvalue weighted by atomic mass is 9.54. The maximum absolute atomic E-state index is 13.5. The molecule has 0 unspecified atom stereocenters. The van der Waals surface area contributed by atoms with Crippen molar-refractivity contribution < 1.29 is 4.79 Å². The fourth-order valence-corrected chi connectivity index (χ4v) is 7.46. The van der Waals surface area contributed by atoms with Crippen LogP contribution in [0.1, 0.15) is 74.0 Å². The van der Waals surface area contributed by atoms with Crippen LogP contribution in [0.4, 0.5) is 0 Å². The topological polar surface area (TPSA) is 68.0 Å². The molecule has 1 aromatic heterocycles. The van der Waals surface area contributed by atoms with Crippen molar-refractivity contribution in [2.75, 3.05) is 0 Å². The summed E-state index contributed by atoms with van der Waals surface area (Å²) in [6.45, 7) is 9.04. The van der Waals surface area contributed by atoms with Gasteiger partial charge in [-0.25, -0.2) is 0 Å². The van der Waals surface area contributed by atoms with Gasteiger partial charge in [0.1, 0.15) is 0 Å². The minimum atomic E-state index is 0.148. The summed E-state index contributed by atoms with van der Waals surface area (Å²) in [4.78, 5) is 18.5. The van der Waals surface area contributed by atoms with E-state index in [9.17, 15) is 4.79 Å². The summed E-state index contributed by atoms with van der Waals surface area (Å²) in [5.41, 5.74) is 14.0. The van der Waals surface area contributed by atoms with Gasteiger partial charge in [-0.05, 0) is 104 Å². The first-order valence-corrected chi connectivity index (χ1v) is 13.4. The van der Waals surface area contributed by atoms with Crippen molar-refractivity contribution in [3.05, 3.63) is 52.3 Å². The zero-order valence-corrected chi connectivity index (χ0v) is 21.4. The zero-order chi connectivity index (χ0) is 24.0. The van der Waals surface area contributed by atoms with E-state index in [1.807, 2.05) is 0 Å². The Kier molecular flexibility index (Phi) is 6.54. The van der Waals surface area contributed by atoms with Crippen molar-refractivity contribution in [2.45, 2.75) is 85.2 Å². The van der Waals surface area contributed by atoms with Crippen LogP contribution in [0, 0.1) is 43.4 Å². The molecular formula is C30H41N3O. The van der Waals surface area contributed by atoms with Crippen LogP contribution in [0.2, 0.25) is 0 Å². The van der Waals surface area contributed by atoms with Gasteiger partial charge in [0.25, 0.3) is 0 Å². The number of nitrogens with one attached hydrogen (secondary N) is 1. The Balaban J connectivity index is 1.46. The maximum atomic E-state index is 13.5. The molecule has 1 amide bonds. The molecule has 0 radical (unpaired) electrons. The van der Waals surface area contributed by atoms with Gasteiger partial charge in [-0.1, -0.05) is 43.7 Å². The molecule has 1 heterocycles. The van der Waals surface area contributed by atoms with Crippen LogP contribution < -0.4 is 11.1 Å². The molecule has 4 saturated carbocycles. The number of nitrogens with zero attached hydrogens (tertiary/aromatic N) is 1. The average molecular weight is 460 g/mol. The molecule has 0 spiro atoms. The summed E-state index contributed by atoms with van der Waals surface area (Å²) >= 11 is 0. The first kappa shape index (κ1) is 23.5. The van der Waals surface area contributed by atoms with E-state index in [1.54, 1.807) is 0 Å². The third-order valence-electron chi connectivity index (χ3n) is 8.73. The molecule has 1 aromatic carbocycles. The van der Waals surface area contributed by atoms with E-state index < -0.39 is 0 Å². The number of benzene rings is 1. The predicted molar refractivity (Wildman–Crippen MR) is 138 cm³/mol. The number of carbonyl (C=O) groups excluding carboxylic acids is 1. The van der Waals surface area contributed by atoms with Crippen molar-refractivity contribution in [1.82, 2.24) is 10.3 Å². The maximum Gasteiger partial charge on any atom is 0.224 e. The van der Waals surface area contributed by atoms with Gasteiger partial charge in [0.05, 0.1) is 6.42 Å². The summed E-state index contributed by atoms with van der Waals surface area (Å²) in [6.07, 6.45) is 7.96. The number of carbonyl (C=O) groups is 1. The number of rotatable bonds is 7. The number of aryl methyl sites for hydroxylation is 2. The normalized spacial score (nSPS) is 27.4. The molecule has 6 rings (SSSR count). The lowest BCUT2D eigenvalue weighted by molar-refractivity contribution is -0.124. The van der Waals surface area contributed by atoms with Crippen molar-refractivity contribution in [1.29, 1.82) is 0 Å². The van der Waals surface area contributed by atoms with Crippen LogP contribution in [0.3, 0.4) is 0 Å². The molecule has 4 nitrogen and oxygen atoms in total. The smallest absolute Gasteiger partial charge is 0.224 e. The highest BCUT2D eigenvalue weighted by Crippen LogP contribution is 2.53. The van der Waals surface area contributed by atoms with Crippen LogP contribution in [-0.4, -0.2) is 16.9 Å². The van der Waals surface area contributed by atoms with Crippen LogP contribution in [-0.2, 0) is 24.2 Å². The van der Waals surface area contributed by atoms with Gasteiger partial charge in [-0.2, -0.15) is 0 Å². The molecule has 2 aromatic rings. The van der Waals surface area contributed by atoms with Crippen LogP contribution in [0.15, 0.2) is 24.3 Å². The molecule has 0 aliphatic heterocycles. The number of hydrogen-bond donors (Lipinski definition) is 2. The number of nitrogens with two attached hydrogens (primary N) is 1. The molecule has 4 aliphatic rings. The Labute approximate surface area is 205 Å². The van der Waals surface area contributed by atoms with Crippen molar-refractivity contribution >= 4 is 5.91 Å². The van der Waals surface area contributed by atoms with Gasteiger partial charge < -0.3 is 11.1 Å². The van der Waals surface area contributed by atoms with Gasteiger partial charge in [0, 0.05) is 24.0 Å². The fourth-order valence-electron chi connectivity index (χ4n) is 7.46. The second kappa shape index (κ2) is 9.45. The number of amides is 1. The van der Waals surface area contributed by atoms with Crippen molar-refractivity contribution in [3.8, 4) is 11.1 Å². The van der Waals surface area contributed by atoms with Crippen molar-refractivity contribution in [2.24, 2.45) is 35.3 Å². The van der Waals surface area contributed by atoms with E-state index in [0.717, 1.165) is 51.9 Å². The van der Waals surface area contributed by atoms with Crippen LogP contribution >= 0.6 is 0 Å². The summed E-state index contributed by atoms with van der Waals surface area (Å²) in [6, 6.07) is 8.99. The molecule has 0 atom stereocenters. The average Bonchev–Trinajstić information content (AvgIpc) is 2.77. The Morgan fingerprint density at radius 1 is 1.00 bits per heavy atom. The molecule has 4 fully saturated rings. The SMILES string of the molecule is Cc1ccc(-c2c(CC(=O)NC3C4CC5CC(C4)CC3C5)c(C)nc(CC(C)C)c2CN)cc1. The number of hydrogen-bond acceptors (Lipinski definition) is 3. The zero-order valence-electron chi connectivity index (χ0n) is 21.4. The number of pyridine rings is 1. The lowest BCUT2D eigenvalue weighted by Crippen LogP contribution is -2.56. The molecule has 34 heavy (non-hydrogen) atoms. The summed E-state index contributed by atoms with van der Waals surface area (Å²) in [5, 5.41) is 3.51. The van der Waals surface area contributed by atoms with Gasteiger partial charge in [-0.15, -0.1) is 0 Å². The minimum Gasteiger partial charge on any atom is -0.353 e. The molecule has 0 saturated heterocycles. The van der Waals surface area contributed by atoms with E-state index in [0.29, 0.717) is 36.8 Å². The van der Waals surface area contributed by atoms with Crippen LogP contribution in [0.25, 0.3) is 11.1 Å². The molecule has 4 heteroatoms. The molecule has 4 aliphatic carbocycles. The first-order chi connectivity index (χ1) is 16.3. The molecule has 182 valence electrons. The van der Waals surface area contributed by atoms with Crippen molar-refractivity contribution in [3.63, 3.8) is 0 Å². The Hall–Kier alpha value is -2.20. The quantitative estimate of drug-likeness (QED) is 0.574. The largest absolute Gasteiger partial charge is 0.353 e. The molecule has 3 N–H and O–H groups in total. The third-order valence-corrected chi connectivity index (χ3v) is 8.73. The minimum absolute atomic E-state index is 0.148. The second-order valence-corrected chi connectivity index (χ2v) is 11.8. The van der Waals surface area contributed by atoms with Gasteiger partial charge >= 0.3 is 0 Å². The number of aromatic nitrogens is 1. The summed E-state index contributed by atoms with van der Waals surface area (Å²) in [5.74, 6) is 3.84. The Bertz CT molecular complexity index is 1030. The highest BCUT2D eigenvalue weighted by atomic mass is 16.1. The molecular weight excluding hydrogens is 418 g/mol. The fraction of sp³-hybridized carbons (Fsp3) is 0.600. The van der Waals surface area contributed by atoms with Gasteiger partial charge in [-0.3, -0.25) is 9.78 Å². The predicted octanol–water partition coefficient (Wildman–Crippen LogP) is 5.51. The van der Waals surface area contributed by atoms with E-state index in [1.165, 1.54) is 37.7 Å². The summed E-state index contributed by atoms with van der Waals surface area (Å²) in [7, 11) is 0. The second-order valence-electron chi connectivity index (χ2n) is 11.8.